The predicted molar refractivity (Wildman–Crippen MR) is 150 cm³/mol. The molecule has 4 fully saturated rings. The Morgan fingerprint density at radius 2 is 1.89 bits per heavy atom. The average molecular weight is 627 g/mol. The van der Waals surface area contributed by atoms with E-state index in [1.807, 2.05) is 6.07 Å². The number of carbonyl (C=O) groups excluding carboxylic acids is 3. The van der Waals surface area contributed by atoms with Crippen molar-refractivity contribution in [3.63, 3.8) is 0 Å². The van der Waals surface area contributed by atoms with Crippen molar-refractivity contribution in [3.8, 4) is 6.07 Å². The van der Waals surface area contributed by atoms with E-state index in [1.165, 1.54) is 6.08 Å². The molecule has 3 amide bonds. The van der Waals surface area contributed by atoms with Crippen molar-refractivity contribution in [1.29, 1.82) is 5.26 Å². The van der Waals surface area contributed by atoms with Crippen LogP contribution in [-0.4, -0.2) is 122 Å². The minimum absolute atomic E-state index is 0.0550. The second-order valence-electron chi connectivity index (χ2n) is 12.8. The Labute approximate surface area is 255 Å². The summed E-state index contributed by atoms with van der Waals surface area (Å²) in [6, 6.07) is -0.421. The van der Waals surface area contributed by atoms with Crippen LogP contribution in [0.4, 0.5) is 17.6 Å². The van der Waals surface area contributed by atoms with Gasteiger partial charge in [-0.05, 0) is 38.5 Å². The summed E-state index contributed by atoms with van der Waals surface area (Å²) in [6.07, 6.45) is -3.16. The van der Waals surface area contributed by atoms with Gasteiger partial charge in [-0.3, -0.25) is 24.2 Å². The van der Waals surface area contributed by atoms with Gasteiger partial charge >= 0.3 is 6.18 Å². The molecule has 0 aromatic heterocycles. The molecule has 0 aromatic rings. The Bertz CT molecular complexity index is 1150. The summed E-state index contributed by atoms with van der Waals surface area (Å²) in [4.78, 5) is 44.9. The van der Waals surface area contributed by atoms with E-state index in [0.29, 0.717) is 65.0 Å². The van der Waals surface area contributed by atoms with Gasteiger partial charge in [0.2, 0.25) is 17.7 Å². The van der Waals surface area contributed by atoms with E-state index < -0.39 is 66.0 Å². The monoisotopic (exact) mass is 626 g/mol. The summed E-state index contributed by atoms with van der Waals surface area (Å²) in [5, 5.41) is 15.2. The third-order valence-electron chi connectivity index (χ3n) is 10.2. The first-order valence-electron chi connectivity index (χ1n) is 15.7. The normalized spacial score (nSPS) is 35.3. The number of halogens is 4. The van der Waals surface area contributed by atoms with E-state index in [1.54, 1.807) is 16.9 Å². The fourth-order valence-corrected chi connectivity index (χ4v) is 7.92. The molecule has 8 atom stereocenters. The van der Waals surface area contributed by atoms with E-state index in [4.69, 9.17) is 4.74 Å². The summed E-state index contributed by atoms with van der Waals surface area (Å²) in [7, 11) is 1.61. The lowest BCUT2D eigenvalue weighted by Crippen LogP contribution is -2.59. The zero-order chi connectivity index (χ0) is 31.6. The van der Waals surface area contributed by atoms with Crippen LogP contribution >= 0.6 is 0 Å². The van der Waals surface area contributed by atoms with E-state index in [2.05, 4.69) is 15.5 Å². The molecule has 3 heterocycles. The molecule has 10 nitrogen and oxygen atoms in total. The van der Waals surface area contributed by atoms with Crippen LogP contribution < -0.4 is 10.6 Å². The first-order valence-corrected chi connectivity index (χ1v) is 15.7. The number of methoxy groups -OCH3 is 1. The molecule has 7 unspecified atom stereocenters. The highest BCUT2D eigenvalue weighted by Crippen LogP contribution is 2.46. The van der Waals surface area contributed by atoms with Crippen molar-refractivity contribution < 1.29 is 36.7 Å². The largest absolute Gasteiger partial charge is 0.393 e. The van der Waals surface area contributed by atoms with Crippen molar-refractivity contribution >= 4 is 17.7 Å². The van der Waals surface area contributed by atoms with Crippen LogP contribution in [0.25, 0.3) is 0 Å². The molecular formula is C30H42F4N6O4. The molecule has 2 aliphatic carbocycles. The third kappa shape index (κ3) is 7.05. The lowest BCUT2D eigenvalue weighted by molar-refractivity contribution is -0.209. The molecular weight excluding hydrogens is 584 g/mol. The molecule has 0 bridgehead atoms. The molecule has 5 aliphatic rings. The number of alkyl halides is 4. The minimum Gasteiger partial charge on any atom is -0.383 e. The van der Waals surface area contributed by atoms with Gasteiger partial charge in [0.25, 0.3) is 0 Å². The lowest BCUT2D eigenvalue weighted by atomic mass is 9.70. The van der Waals surface area contributed by atoms with Crippen LogP contribution in [0.15, 0.2) is 11.6 Å². The van der Waals surface area contributed by atoms with E-state index in [0.717, 1.165) is 0 Å². The number of likely N-dealkylation sites (tertiary alicyclic amines) is 1. The number of amides is 3. The molecule has 0 spiro atoms. The second-order valence-corrected chi connectivity index (χ2v) is 12.8. The second kappa shape index (κ2) is 13.7. The number of carbonyl (C=O) groups is 3. The Balaban J connectivity index is 1.30. The smallest absolute Gasteiger partial charge is 0.383 e. The number of hydrogen-bond donors (Lipinski definition) is 2. The van der Waals surface area contributed by atoms with Gasteiger partial charge in [-0.2, -0.15) is 18.4 Å². The number of hydrogen-bond acceptors (Lipinski definition) is 7. The fraction of sp³-hybridized carbons (Fsp3) is 0.800. The Morgan fingerprint density at radius 1 is 1.14 bits per heavy atom. The summed E-state index contributed by atoms with van der Waals surface area (Å²) in [5.74, 6) is -5.60. The molecule has 244 valence electrons. The maximum Gasteiger partial charge on any atom is 0.393 e. The van der Waals surface area contributed by atoms with Crippen molar-refractivity contribution in [2.24, 2.45) is 23.7 Å². The van der Waals surface area contributed by atoms with Crippen molar-refractivity contribution in [2.45, 2.75) is 69.0 Å². The number of nitriles is 1. The molecule has 14 heteroatoms. The number of rotatable bonds is 7. The number of piperazine rings is 1. The molecule has 2 saturated heterocycles. The van der Waals surface area contributed by atoms with Crippen LogP contribution in [-0.2, 0) is 19.1 Å². The lowest BCUT2D eigenvalue weighted by Gasteiger charge is -2.46. The molecule has 0 aromatic carbocycles. The molecule has 2 N–H and O–H groups in total. The van der Waals surface area contributed by atoms with Crippen LogP contribution in [0.1, 0.15) is 38.5 Å². The number of nitrogens with zero attached hydrogens (tertiary/aromatic N) is 4. The van der Waals surface area contributed by atoms with Gasteiger partial charge in [0.05, 0.1) is 30.6 Å². The average Bonchev–Trinajstić information content (AvgIpc) is 3.46. The van der Waals surface area contributed by atoms with Gasteiger partial charge in [0, 0.05) is 88.5 Å². The van der Waals surface area contributed by atoms with Crippen LogP contribution in [0, 0.1) is 35.0 Å². The summed E-state index contributed by atoms with van der Waals surface area (Å²) in [5.41, 5.74) is 0.208. The minimum atomic E-state index is -4.61. The van der Waals surface area contributed by atoms with Gasteiger partial charge in [0.1, 0.15) is 6.17 Å². The predicted octanol–water partition coefficient (Wildman–Crippen LogP) is 1.63. The number of fused-ring (bicyclic) bond motifs is 1. The zero-order valence-corrected chi connectivity index (χ0v) is 25.0. The summed E-state index contributed by atoms with van der Waals surface area (Å²) >= 11 is 0. The van der Waals surface area contributed by atoms with Crippen molar-refractivity contribution in [3.05, 3.63) is 11.6 Å². The first kappa shape index (κ1) is 32.6. The zero-order valence-electron chi connectivity index (χ0n) is 25.0. The molecule has 0 radical (unpaired) electrons. The summed E-state index contributed by atoms with van der Waals surface area (Å²) < 4.78 is 63.3. The standard InChI is InChI=1S/C30H42F4N6O4/c1-44-12-11-38-7-9-39(10-8-38)29(43)22-13-18(16-35)14-23(30(32,33)34)27(22)40-6-5-19(17-40)36-28(42)21-15-25(41)37-26-20(21)3-2-4-24(26)31/h15,18-20,22-24,26-27H,2-14,17H2,1H3,(H,36,42)(H,37,41)/t18?,19-,20?,22?,23?,24?,26?,27?/m1/s1. The summed E-state index contributed by atoms with van der Waals surface area (Å²) in [6.45, 7) is 3.56. The molecule has 3 aliphatic heterocycles. The first-order chi connectivity index (χ1) is 21.0. The van der Waals surface area contributed by atoms with Gasteiger partial charge in [-0.1, -0.05) is 0 Å². The van der Waals surface area contributed by atoms with E-state index >= 15 is 0 Å². The SMILES string of the molecule is COCCN1CCN(C(=O)C2CC(C#N)CC(C(F)(F)F)C2N2CC[C@@H](NC(=O)C3=CC(=O)NC4C(F)CCCC34)C2)CC1. The van der Waals surface area contributed by atoms with Crippen LogP contribution in [0.2, 0.25) is 0 Å². The van der Waals surface area contributed by atoms with Crippen molar-refractivity contribution in [1.82, 2.24) is 25.3 Å². The van der Waals surface area contributed by atoms with E-state index in [9.17, 15) is 37.2 Å². The highest BCUT2D eigenvalue weighted by Gasteiger charge is 2.56. The fourth-order valence-electron chi connectivity index (χ4n) is 7.92. The molecule has 5 rings (SSSR count). The third-order valence-corrected chi connectivity index (χ3v) is 10.2. The van der Waals surface area contributed by atoms with Crippen LogP contribution in [0.3, 0.4) is 0 Å². The maximum atomic E-state index is 14.6. The molecule has 44 heavy (non-hydrogen) atoms. The highest BCUT2D eigenvalue weighted by molar-refractivity contribution is 6.03. The van der Waals surface area contributed by atoms with Gasteiger partial charge < -0.3 is 20.3 Å². The van der Waals surface area contributed by atoms with Gasteiger partial charge in [-0.15, -0.1) is 0 Å². The topological polar surface area (TPSA) is 118 Å². The highest BCUT2D eigenvalue weighted by atomic mass is 19.4. The van der Waals surface area contributed by atoms with Gasteiger partial charge in [-0.25, -0.2) is 4.39 Å². The Hall–Kier alpha value is -2.76. The number of nitrogens with one attached hydrogen (secondary N) is 2. The number of ether oxygens (including phenoxy) is 1. The Morgan fingerprint density at radius 3 is 2.57 bits per heavy atom. The Kier molecular flexibility index (Phi) is 10.2. The van der Waals surface area contributed by atoms with Crippen molar-refractivity contribution in [2.75, 3.05) is 59.5 Å². The maximum absolute atomic E-state index is 14.6. The van der Waals surface area contributed by atoms with Crippen LogP contribution in [0.5, 0.6) is 0 Å². The molecule has 2 saturated carbocycles. The quantitative estimate of drug-likeness (QED) is 0.413. The van der Waals surface area contributed by atoms with Gasteiger partial charge in [0.15, 0.2) is 0 Å². The van der Waals surface area contributed by atoms with E-state index in [-0.39, 0.29) is 37.4 Å².